The molecule has 80 valence electrons. The summed E-state index contributed by atoms with van der Waals surface area (Å²) in [4.78, 5) is 19.0. The Morgan fingerprint density at radius 3 is 2.80 bits per heavy atom. The molecule has 1 atom stereocenters. The quantitative estimate of drug-likeness (QED) is 0.601. The highest BCUT2D eigenvalue weighted by Gasteiger charge is 2.26. The second-order valence-electron chi connectivity index (χ2n) is 3.55. The fourth-order valence-corrected chi connectivity index (χ4v) is 2.28. The number of hydrogen-bond acceptors (Lipinski definition) is 3. The van der Waals surface area contributed by atoms with Crippen LogP contribution in [0.4, 0.5) is 0 Å². The molecule has 0 saturated carbocycles. The van der Waals surface area contributed by atoms with Gasteiger partial charge < -0.3 is 5.73 Å². The van der Waals surface area contributed by atoms with E-state index in [4.69, 9.17) is 28.9 Å². The average Bonchev–Trinajstić information content (AvgIpc) is 2.16. The standard InChI is InChI=1S/C9H9Cl2N3O/c10-7-5-3-4(8(12)15)1-2-6(5)13-9(11)14-7/h4H,1-3H2,(H2,12,15). The largest absolute Gasteiger partial charge is 0.369 e. The highest BCUT2D eigenvalue weighted by Crippen LogP contribution is 2.29. The number of amides is 1. The summed E-state index contributed by atoms with van der Waals surface area (Å²) in [5.41, 5.74) is 6.89. The zero-order valence-electron chi connectivity index (χ0n) is 7.83. The van der Waals surface area contributed by atoms with Gasteiger partial charge in [0, 0.05) is 11.5 Å². The average molecular weight is 246 g/mol. The van der Waals surface area contributed by atoms with Crippen molar-refractivity contribution in [2.45, 2.75) is 19.3 Å². The lowest BCUT2D eigenvalue weighted by atomic mass is 9.87. The lowest BCUT2D eigenvalue weighted by molar-refractivity contribution is -0.122. The fourth-order valence-electron chi connectivity index (χ4n) is 1.78. The number of carbonyl (C=O) groups is 1. The summed E-state index contributed by atoms with van der Waals surface area (Å²) in [6, 6.07) is 0. The van der Waals surface area contributed by atoms with Crippen LogP contribution in [0.1, 0.15) is 17.7 Å². The van der Waals surface area contributed by atoms with Gasteiger partial charge in [-0.3, -0.25) is 4.79 Å². The van der Waals surface area contributed by atoms with Crippen LogP contribution in [-0.2, 0) is 17.6 Å². The Morgan fingerprint density at radius 1 is 1.40 bits per heavy atom. The Hall–Kier alpha value is -0.870. The first-order valence-corrected chi connectivity index (χ1v) is 5.33. The maximum Gasteiger partial charge on any atom is 0.224 e. The molecule has 1 amide bonds. The second-order valence-corrected chi connectivity index (χ2v) is 4.25. The lowest BCUT2D eigenvalue weighted by Gasteiger charge is -2.21. The second kappa shape index (κ2) is 3.94. The summed E-state index contributed by atoms with van der Waals surface area (Å²) in [5, 5.41) is 0.479. The van der Waals surface area contributed by atoms with Gasteiger partial charge in [0.05, 0.1) is 5.69 Å². The molecule has 1 aromatic rings. The highest BCUT2D eigenvalue weighted by molar-refractivity contribution is 6.32. The zero-order valence-corrected chi connectivity index (χ0v) is 9.35. The topological polar surface area (TPSA) is 68.9 Å². The molecule has 1 unspecified atom stereocenters. The predicted molar refractivity (Wildman–Crippen MR) is 56.8 cm³/mol. The Kier molecular flexibility index (Phi) is 2.80. The molecule has 0 bridgehead atoms. The number of primary amides is 1. The van der Waals surface area contributed by atoms with Crippen LogP contribution in [0.2, 0.25) is 10.4 Å². The molecule has 2 rings (SSSR count). The molecule has 0 aromatic carbocycles. The number of nitrogens with two attached hydrogens (primary N) is 1. The van der Waals surface area contributed by atoms with Crippen LogP contribution in [0, 0.1) is 5.92 Å². The minimum atomic E-state index is -0.299. The van der Waals surface area contributed by atoms with Gasteiger partial charge in [0.1, 0.15) is 5.15 Å². The van der Waals surface area contributed by atoms with Crippen molar-refractivity contribution in [1.82, 2.24) is 9.97 Å². The first-order valence-electron chi connectivity index (χ1n) is 4.58. The Labute approximate surface area is 96.8 Å². The van der Waals surface area contributed by atoms with Crippen molar-refractivity contribution in [2.24, 2.45) is 11.7 Å². The van der Waals surface area contributed by atoms with E-state index in [9.17, 15) is 4.79 Å². The summed E-state index contributed by atoms with van der Waals surface area (Å²) >= 11 is 11.6. The highest BCUT2D eigenvalue weighted by atomic mass is 35.5. The van der Waals surface area contributed by atoms with E-state index in [2.05, 4.69) is 9.97 Å². The van der Waals surface area contributed by atoms with E-state index in [1.807, 2.05) is 0 Å². The van der Waals surface area contributed by atoms with Crippen molar-refractivity contribution in [3.8, 4) is 0 Å². The minimum Gasteiger partial charge on any atom is -0.369 e. The van der Waals surface area contributed by atoms with Crippen LogP contribution in [-0.4, -0.2) is 15.9 Å². The molecule has 1 heterocycles. The van der Waals surface area contributed by atoms with E-state index in [1.54, 1.807) is 0 Å². The molecule has 1 aromatic heterocycles. The van der Waals surface area contributed by atoms with Gasteiger partial charge in [0.15, 0.2) is 0 Å². The normalized spacial score (nSPS) is 19.7. The van der Waals surface area contributed by atoms with Gasteiger partial charge in [-0.1, -0.05) is 11.6 Å². The van der Waals surface area contributed by atoms with Crippen molar-refractivity contribution >= 4 is 29.1 Å². The molecule has 4 nitrogen and oxygen atoms in total. The van der Waals surface area contributed by atoms with E-state index in [1.165, 1.54) is 0 Å². The monoisotopic (exact) mass is 245 g/mol. The zero-order chi connectivity index (χ0) is 11.0. The fraction of sp³-hybridized carbons (Fsp3) is 0.444. The van der Waals surface area contributed by atoms with Crippen LogP contribution in [0.25, 0.3) is 0 Å². The molecule has 2 N–H and O–H groups in total. The number of halogens is 2. The molecule has 0 saturated heterocycles. The summed E-state index contributed by atoms with van der Waals surface area (Å²) in [6.07, 6.45) is 1.89. The predicted octanol–water partition coefficient (Wildman–Crippen LogP) is 1.37. The van der Waals surface area contributed by atoms with Gasteiger partial charge in [-0.25, -0.2) is 9.97 Å². The number of rotatable bonds is 1. The number of hydrogen-bond donors (Lipinski definition) is 1. The van der Waals surface area contributed by atoms with E-state index in [0.717, 1.165) is 11.3 Å². The van der Waals surface area contributed by atoms with Gasteiger partial charge >= 0.3 is 0 Å². The molecule has 1 aliphatic rings. The van der Waals surface area contributed by atoms with Crippen molar-refractivity contribution in [2.75, 3.05) is 0 Å². The smallest absolute Gasteiger partial charge is 0.224 e. The summed E-state index contributed by atoms with van der Waals surface area (Å²) < 4.78 is 0. The van der Waals surface area contributed by atoms with Gasteiger partial charge in [-0.05, 0) is 30.9 Å². The molecule has 1 aliphatic carbocycles. The Bertz CT molecular complexity index is 422. The first kappa shape index (κ1) is 10.6. The molecule has 15 heavy (non-hydrogen) atoms. The van der Waals surface area contributed by atoms with Crippen molar-refractivity contribution < 1.29 is 4.79 Å². The van der Waals surface area contributed by atoms with Crippen molar-refractivity contribution in [3.63, 3.8) is 0 Å². The number of nitrogens with zero attached hydrogens (tertiary/aromatic N) is 2. The Balaban J connectivity index is 2.37. The van der Waals surface area contributed by atoms with Gasteiger partial charge in [-0.2, -0.15) is 0 Å². The van der Waals surface area contributed by atoms with Crippen LogP contribution < -0.4 is 5.73 Å². The van der Waals surface area contributed by atoms with E-state index in [-0.39, 0.29) is 17.1 Å². The lowest BCUT2D eigenvalue weighted by Crippen LogP contribution is -2.29. The summed E-state index contributed by atoms with van der Waals surface area (Å²) in [5.74, 6) is -0.466. The number of aromatic nitrogens is 2. The maximum atomic E-state index is 11.1. The van der Waals surface area contributed by atoms with Crippen molar-refractivity contribution in [3.05, 3.63) is 21.7 Å². The third-order valence-corrected chi connectivity index (χ3v) is 3.08. The maximum absolute atomic E-state index is 11.1. The van der Waals surface area contributed by atoms with Crippen LogP contribution in [0.3, 0.4) is 0 Å². The SMILES string of the molecule is NC(=O)C1CCc2nc(Cl)nc(Cl)c2C1. The van der Waals surface area contributed by atoms with Gasteiger partial charge in [-0.15, -0.1) is 0 Å². The molecular formula is C9H9Cl2N3O. The van der Waals surface area contributed by atoms with E-state index < -0.39 is 0 Å². The van der Waals surface area contributed by atoms with Crippen LogP contribution >= 0.6 is 23.2 Å². The van der Waals surface area contributed by atoms with E-state index >= 15 is 0 Å². The molecule has 0 aliphatic heterocycles. The number of carbonyl (C=O) groups excluding carboxylic acids is 1. The van der Waals surface area contributed by atoms with Gasteiger partial charge in [0.25, 0.3) is 0 Å². The molecular weight excluding hydrogens is 237 g/mol. The molecule has 0 fully saturated rings. The summed E-state index contributed by atoms with van der Waals surface area (Å²) in [7, 11) is 0. The number of fused-ring (bicyclic) bond motifs is 1. The van der Waals surface area contributed by atoms with Crippen LogP contribution in [0.5, 0.6) is 0 Å². The van der Waals surface area contributed by atoms with Gasteiger partial charge in [0.2, 0.25) is 11.2 Å². The Morgan fingerprint density at radius 2 is 2.13 bits per heavy atom. The molecule has 6 heteroatoms. The third kappa shape index (κ3) is 2.06. The van der Waals surface area contributed by atoms with E-state index in [0.29, 0.717) is 24.4 Å². The molecule has 0 spiro atoms. The first-order chi connectivity index (χ1) is 7.08. The number of aryl methyl sites for hydroxylation is 1. The van der Waals surface area contributed by atoms with Crippen LogP contribution in [0.15, 0.2) is 0 Å². The van der Waals surface area contributed by atoms with Crippen molar-refractivity contribution in [1.29, 1.82) is 0 Å². The molecule has 0 radical (unpaired) electrons. The summed E-state index contributed by atoms with van der Waals surface area (Å²) in [6.45, 7) is 0. The minimum absolute atomic E-state index is 0.149. The third-order valence-electron chi connectivity index (χ3n) is 2.60.